The van der Waals surface area contributed by atoms with Crippen LogP contribution >= 0.6 is 0 Å². The smallest absolute Gasteiger partial charge is 0.274 e. The molecule has 0 spiro atoms. The van der Waals surface area contributed by atoms with E-state index in [4.69, 9.17) is 0 Å². The molecule has 4 nitrogen and oxygen atoms in total. The van der Waals surface area contributed by atoms with Crippen molar-refractivity contribution in [2.24, 2.45) is 0 Å². The van der Waals surface area contributed by atoms with Crippen LogP contribution in [0.4, 0.5) is 4.39 Å². The topological polar surface area (TPSA) is 55.1 Å². The second kappa shape index (κ2) is 7.60. The minimum absolute atomic E-state index is 0.0207. The average molecular weight is 388 g/mol. The summed E-state index contributed by atoms with van der Waals surface area (Å²) in [5.41, 5.74) is 4.06. The van der Waals surface area contributed by atoms with Gasteiger partial charge in [-0.25, -0.2) is 9.07 Å². The van der Waals surface area contributed by atoms with E-state index < -0.39 is 6.10 Å². The number of aliphatic hydroxyl groups is 1. The number of hydrogen-bond acceptors (Lipinski definition) is 3. The molecule has 4 rings (SSSR count). The fourth-order valence-electron chi connectivity index (χ4n) is 3.50. The molecule has 0 unspecified atom stereocenters. The van der Waals surface area contributed by atoms with E-state index in [1.165, 1.54) is 28.9 Å². The molecular formula is C24H21FN2O2. The summed E-state index contributed by atoms with van der Waals surface area (Å²) in [5, 5.41) is 16.5. The van der Waals surface area contributed by atoms with Crippen LogP contribution in [0.1, 0.15) is 22.8 Å². The number of hydrogen-bond donors (Lipinski definition) is 1. The maximum atomic E-state index is 13.2. The molecular weight excluding hydrogens is 367 g/mol. The Morgan fingerprint density at radius 2 is 1.69 bits per heavy atom. The number of aliphatic hydroxyl groups excluding tert-OH is 1. The summed E-state index contributed by atoms with van der Waals surface area (Å²) in [6.45, 7) is 4.00. The average Bonchev–Trinajstić information content (AvgIpc) is 2.72. The highest BCUT2D eigenvalue weighted by Gasteiger charge is 2.17. The molecule has 0 amide bonds. The first-order valence-electron chi connectivity index (χ1n) is 9.45. The summed E-state index contributed by atoms with van der Waals surface area (Å²) in [4.78, 5) is 13.0. The normalized spacial score (nSPS) is 12.3. The minimum atomic E-state index is -0.978. The highest BCUT2D eigenvalue weighted by Crippen LogP contribution is 2.28. The van der Waals surface area contributed by atoms with Gasteiger partial charge in [0.05, 0.1) is 23.7 Å². The predicted octanol–water partition coefficient (Wildman–Crippen LogP) is 4.55. The van der Waals surface area contributed by atoms with Crippen LogP contribution in [0.2, 0.25) is 0 Å². The Morgan fingerprint density at radius 1 is 1.00 bits per heavy atom. The molecule has 0 aliphatic carbocycles. The largest absolute Gasteiger partial charge is 0.386 e. The Bertz CT molecular complexity index is 1250. The minimum Gasteiger partial charge on any atom is -0.386 e. The zero-order valence-corrected chi connectivity index (χ0v) is 16.3. The van der Waals surface area contributed by atoms with Crippen LogP contribution in [-0.4, -0.2) is 14.9 Å². The number of aryl methyl sites for hydroxylation is 2. The standard InChI is InChI=1S/C24H21FN2O2/c1-15-7-8-16(2)21(13-15)23-19-5-3-4-6-20(19)24(29)27(26-23)14-22(28)17-9-11-18(25)12-10-17/h3-13,22,28H,14H2,1-2H3/t22-/m1/s1. The summed E-state index contributed by atoms with van der Waals surface area (Å²) in [6.07, 6.45) is -0.978. The van der Waals surface area contributed by atoms with Crippen LogP contribution in [0.5, 0.6) is 0 Å². The predicted molar refractivity (Wildman–Crippen MR) is 112 cm³/mol. The summed E-state index contributed by atoms with van der Waals surface area (Å²) < 4.78 is 14.5. The number of halogens is 1. The first-order valence-corrected chi connectivity index (χ1v) is 9.45. The summed E-state index contributed by atoms with van der Waals surface area (Å²) in [7, 11) is 0. The van der Waals surface area contributed by atoms with Crippen LogP contribution < -0.4 is 5.56 Å². The molecule has 0 saturated carbocycles. The lowest BCUT2D eigenvalue weighted by molar-refractivity contribution is 0.149. The maximum Gasteiger partial charge on any atom is 0.274 e. The molecule has 0 radical (unpaired) electrons. The molecule has 0 fully saturated rings. The van der Waals surface area contributed by atoms with Gasteiger partial charge in [-0.2, -0.15) is 5.10 Å². The van der Waals surface area contributed by atoms with E-state index in [1.54, 1.807) is 6.07 Å². The lowest BCUT2D eigenvalue weighted by Gasteiger charge is -2.16. The second-order valence-electron chi connectivity index (χ2n) is 7.27. The Balaban J connectivity index is 1.87. The van der Waals surface area contributed by atoms with Gasteiger partial charge in [-0.3, -0.25) is 4.79 Å². The first kappa shape index (κ1) is 19.0. The number of nitrogens with zero attached hydrogens (tertiary/aromatic N) is 2. The van der Waals surface area contributed by atoms with Crippen molar-refractivity contribution < 1.29 is 9.50 Å². The molecule has 1 N–H and O–H groups in total. The molecule has 1 atom stereocenters. The van der Waals surface area contributed by atoms with Crippen molar-refractivity contribution in [1.29, 1.82) is 0 Å². The lowest BCUT2D eigenvalue weighted by Crippen LogP contribution is -2.26. The molecule has 29 heavy (non-hydrogen) atoms. The van der Waals surface area contributed by atoms with Gasteiger partial charge in [0.25, 0.3) is 5.56 Å². The van der Waals surface area contributed by atoms with Crippen molar-refractivity contribution in [3.8, 4) is 11.3 Å². The summed E-state index contributed by atoms with van der Waals surface area (Å²) >= 11 is 0. The van der Waals surface area contributed by atoms with E-state index in [-0.39, 0.29) is 17.9 Å². The number of fused-ring (bicyclic) bond motifs is 1. The SMILES string of the molecule is Cc1ccc(C)c(-c2nn(C[C@@H](O)c3ccc(F)cc3)c(=O)c3ccccc23)c1. The molecule has 0 aliphatic rings. The van der Waals surface area contributed by atoms with E-state index in [1.807, 2.05) is 44.2 Å². The van der Waals surface area contributed by atoms with Crippen molar-refractivity contribution in [1.82, 2.24) is 9.78 Å². The van der Waals surface area contributed by atoms with Crippen LogP contribution in [0.3, 0.4) is 0 Å². The van der Waals surface area contributed by atoms with Crippen molar-refractivity contribution >= 4 is 10.8 Å². The number of aromatic nitrogens is 2. The van der Waals surface area contributed by atoms with E-state index in [0.717, 1.165) is 22.1 Å². The van der Waals surface area contributed by atoms with Gasteiger partial charge in [0.15, 0.2) is 0 Å². The third kappa shape index (κ3) is 3.69. The van der Waals surface area contributed by atoms with E-state index in [0.29, 0.717) is 16.6 Å². The van der Waals surface area contributed by atoms with Gasteiger partial charge < -0.3 is 5.11 Å². The number of benzene rings is 3. The van der Waals surface area contributed by atoms with Crippen LogP contribution in [0, 0.1) is 19.7 Å². The summed E-state index contributed by atoms with van der Waals surface area (Å²) in [5.74, 6) is -0.376. The van der Waals surface area contributed by atoms with Crippen molar-refractivity contribution in [3.05, 3.63) is 99.6 Å². The Labute approximate surface area is 167 Å². The molecule has 5 heteroatoms. The quantitative estimate of drug-likeness (QED) is 0.558. The first-order chi connectivity index (χ1) is 13.9. The van der Waals surface area contributed by atoms with Crippen LogP contribution in [0.25, 0.3) is 22.0 Å². The maximum absolute atomic E-state index is 13.2. The van der Waals surface area contributed by atoms with Gasteiger partial charge in [-0.05, 0) is 49.2 Å². The molecule has 0 aliphatic heterocycles. The molecule has 4 aromatic rings. The van der Waals surface area contributed by atoms with Crippen molar-refractivity contribution in [3.63, 3.8) is 0 Å². The Hall–Kier alpha value is -3.31. The van der Waals surface area contributed by atoms with Crippen molar-refractivity contribution in [2.75, 3.05) is 0 Å². The van der Waals surface area contributed by atoms with Gasteiger partial charge in [0, 0.05) is 10.9 Å². The molecule has 3 aromatic carbocycles. The molecule has 1 heterocycles. The zero-order chi connectivity index (χ0) is 20.5. The number of rotatable bonds is 4. The fraction of sp³-hybridized carbons (Fsp3) is 0.167. The Kier molecular flexibility index (Phi) is 4.99. The Morgan fingerprint density at radius 3 is 2.41 bits per heavy atom. The van der Waals surface area contributed by atoms with Gasteiger partial charge in [-0.1, -0.05) is 48.0 Å². The third-order valence-corrected chi connectivity index (χ3v) is 5.12. The molecule has 0 bridgehead atoms. The zero-order valence-electron chi connectivity index (χ0n) is 16.3. The van der Waals surface area contributed by atoms with E-state index in [9.17, 15) is 14.3 Å². The molecule has 0 saturated heterocycles. The highest BCUT2D eigenvalue weighted by atomic mass is 19.1. The van der Waals surface area contributed by atoms with Crippen LogP contribution in [-0.2, 0) is 6.54 Å². The van der Waals surface area contributed by atoms with Gasteiger partial charge >= 0.3 is 0 Å². The monoisotopic (exact) mass is 388 g/mol. The van der Waals surface area contributed by atoms with E-state index in [2.05, 4.69) is 11.2 Å². The van der Waals surface area contributed by atoms with Crippen molar-refractivity contribution in [2.45, 2.75) is 26.5 Å². The van der Waals surface area contributed by atoms with Crippen LogP contribution in [0.15, 0.2) is 71.5 Å². The van der Waals surface area contributed by atoms with Gasteiger partial charge in [0.1, 0.15) is 5.82 Å². The molecule has 1 aromatic heterocycles. The van der Waals surface area contributed by atoms with Gasteiger partial charge in [-0.15, -0.1) is 0 Å². The second-order valence-corrected chi connectivity index (χ2v) is 7.27. The highest BCUT2D eigenvalue weighted by molar-refractivity contribution is 5.94. The fourth-order valence-corrected chi connectivity index (χ4v) is 3.50. The summed E-state index contributed by atoms with van der Waals surface area (Å²) in [6, 6.07) is 19.1. The lowest BCUT2D eigenvalue weighted by atomic mass is 9.99. The van der Waals surface area contributed by atoms with E-state index >= 15 is 0 Å². The molecule has 146 valence electrons. The van der Waals surface area contributed by atoms with Gasteiger partial charge in [0.2, 0.25) is 0 Å². The third-order valence-electron chi connectivity index (χ3n) is 5.12.